The molecule has 11 heteroatoms. The van der Waals surface area contributed by atoms with Crippen LogP contribution in [0.25, 0.3) is 15.8 Å². The average Bonchev–Trinajstić information content (AvgIpc) is 3.53. The van der Waals surface area contributed by atoms with Crippen molar-refractivity contribution in [1.82, 2.24) is 14.0 Å². The SMILES string of the molecule is COc1cc(Cn2c(=O)c3cc(OC(CF)CF)ccc3n(C3CCN(C=O)CC3)c2=O)ccc1C1=CCCS1. The van der Waals surface area contributed by atoms with Crippen molar-refractivity contribution in [2.24, 2.45) is 0 Å². The molecule has 5 rings (SSSR count). The normalized spacial score (nSPS) is 16.0. The summed E-state index contributed by atoms with van der Waals surface area (Å²) in [6.07, 6.45) is 3.77. The highest BCUT2D eigenvalue weighted by atomic mass is 32.2. The maximum absolute atomic E-state index is 13.9. The lowest BCUT2D eigenvalue weighted by molar-refractivity contribution is -0.119. The second kappa shape index (κ2) is 12.3. The Labute approximate surface area is 234 Å². The fourth-order valence-corrected chi connectivity index (χ4v) is 6.31. The van der Waals surface area contributed by atoms with Gasteiger partial charge in [-0.2, -0.15) is 0 Å². The van der Waals surface area contributed by atoms with Crippen molar-refractivity contribution in [2.75, 3.05) is 39.3 Å². The predicted molar refractivity (Wildman–Crippen MR) is 152 cm³/mol. The molecule has 212 valence electrons. The molecule has 0 radical (unpaired) electrons. The number of ether oxygens (including phenoxy) is 2. The summed E-state index contributed by atoms with van der Waals surface area (Å²) in [7, 11) is 1.59. The highest BCUT2D eigenvalue weighted by Gasteiger charge is 2.25. The number of allylic oxidation sites excluding steroid dienone is 1. The second-order valence-electron chi connectivity index (χ2n) is 9.88. The van der Waals surface area contributed by atoms with Crippen LogP contribution in [0.2, 0.25) is 0 Å². The second-order valence-corrected chi connectivity index (χ2v) is 11.0. The standard InChI is InChI=1S/C29H31F2N3O5S/c1-38-26-13-19(4-6-23(26)27-3-2-12-40-27)17-33-28(36)24-14-21(39-22(15-30)16-31)5-7-25(24)34(29(33)37)20-8-10-32(18-35)11-9-20/h3-7,13-14,18,20,22H,2,8-12,15-17H2,1H3. The molecule has 2 aliphatic rings. The summed E-state index contributed by atoms with van der Waals surface area (Å²) < 4.78 is 40.1. The van der Waals surface area contributed by atoms with Crippen molar-refractivity contribution in [3.63, 3.8) is 0 Å². The lowest BCUT2D eigenvalue weighted by Crippen LogP contribution is -2.44. The quantitative estimate of drug-likeness (QED) is 0.340. The van der Waals surface area contributed by atoms with Crippen LogP contribution >= 0.6 is 11.8 Å². The number of methoxy groups -OCH3 is 1. The third-order valence-electron chi connectivity index (χ3n) is 7.38. The van der Waals surface area contributed by atoms with Gasteiger partial charge in [-0.1, -0.05) is 12.1 Å². The Bertz CT molecular complexity index is 1540. The lowest BCUT2D eigenvalue weighted by Gasteiger charge is -2.31. The molecule has 0 saturated carbocycles. The van der Waals surface area contributed by atoms with Crippen molar-refractivity contribution < 1.29 is 23.0 Å². The van der Waals surface area contributed by atoms with Crippen molar-refractivity contribution in [3.8, 4) is 11.5 Å². The molecule has 0 bridgehead atoms. The summed E-state index contributed by atoms with van der Waals surface area (Å²) in [4.78, 5) is 41.7. The van der Waals surface area contributed by atoms with Crippen LogP contribution < -0.4 is 20.7 Å². The zero-order chi connectivity index (χ0) is 28.2. The van der Waals surface area contributed by atoms with Crippen molar-refractivity contribution in [1.29, 1.82) is 0 Å². The molecular weight excluding hydrogens is 540 g/mol. The van der Waals surface area contributed by atoms with E-state index in [4.69, 9.17) is 9.47 Å². The van der Waals surface area contributed by atoms with Gasteiger partial charge in [-0.05, 0) is 55.2 Å². The smallest absolute Gasteiger partial charge is 0.332 e. The zero-order valence-electron chi connectivity index (χ0n) is 22.2. The Morgan fingerprint density at radius 3 is 2.52 bits per heavy atom. The van der Waals surface area contributed by atoms with E-state index in [1.54, 1.807) is 34.4 Å². The minimum Gasteiger partial charge on any atom is -0.496 e. The van der Waals surface area contributed by atoms with E-state index in [2.05, 4.69) is 6.08 Å². The van der Waals surface area contributed by atoms with Gasteiger partial charge in [0.2, 0.25) is 6.41 Å². The molecular formula is C29H31F2N3O5S. The van der Waals surface area contributed by atoms with Gasteiger partial charge < -0.3 is 14.4 Å². The van der Waals surface area contributed by atoms with E-state index >= 15 is 0 Å². The number of aromatic nitrogens is 2. The van der Waals surface area contributed by atoms with E-state index in [0.29, 0.717) is 42.8 Å². The molecule has 3 aromatic rings. The minimum absolute atomic E-state index is 0.00624. The van der Waals surface area contributed by atoms with Crippen LogP contribution in [0.3, 0.4) is 0 Å². The third-order valence-corrected chi connectivity index (χ3v) is 8.51. The maximum atomic E-state index is 13.9. The number of thioether (sulfide) groups is 1. The molecule has 40 heavy (non-hydrogen) atoms. The van der Waals surface area contributed by atoms with Crippen LogP contribution in [-0.2, 0) is 11.3 Å². The first-order valence-corrected chi connectivity index (χ1v) is 14.2. The number of hydrogen-bond donors (Lipinski definition) is 0. The van der Waals surface area contributed by atoms with E-state index < -0.39 is 30.7 Å². The summed E-state index contributed by atoms with van der Waals surface area (Å²) in [6, 6.07) is 9.96. The minimum atomic E-state index is -1.28. The van der Waals surface area contributed by atoms with Gasteiger partial charge >= 0.3 is 5.69 Å². The molecule has 1 aromatic heterocycles. The van der Waals surface area contributed by atoms with Crippen LogP contribution in [0.5, 0.6) is 11.5 Å². The molecule has 0 unspecified atom stereocenters. The number of piperidine rings is 1. The van der Waals surface area contributed by atoms with Gasteiger partial charge in [0.1, 0.15) is 24.8 Å². The van der Waals surface area contributed by atoms with Gasteiger partial charge in [-0.3, -0.25) is 18.7 Å². The van der Waals surface area contributed by atoms with E-state index in [0.717, 1.165) is 29.1 Å². The number of carbonyl (C=O) groups excluding carboxylic acids is 1. The van der Waals surface area contributed by atoms with E-state index in [-0.39, 0.29) is 23.7 Å². The summed E-state index contributed by atoms with van der Waals surface area (Å²) >= 11 is 1.76. The van der Waals surface area contributed by atoms with Gasteiger partial charge in [0.15, 0.2) is 6.10 Å². The summed E-state index contributed by atoms with van der Waals surface area (Å²) in [5.41, 5.74) is 1.11. The van der Waals surface area contributed by atoms with Crippen LogP contribution in [-0.4, -0.2) is 65.8 Å². The highest BCUT2D eigenvalue weighted by Crippen LogP contribution is 2.39. The molecule has 0 N–H and O–H groups in total. The van der Waals surface area contributed by atoms with Crippen LogP contribution in [0.4, 0.5) is 8.78 Å². The number of hydrogen-bond acceptors (Lipinski definition) is 6. The molecule has 2 aliphatic heterocycles. The summed E-state index contributed by atoms with van der Waals surface area (Å²) in [5, 5.41) is 0.211. The number of amides is 1. The number of nitrogens with zero attached hydrogens (tertiary/aromatic N) is 3. The molecule has 0 aliphatic carbocycles. The Hall–Kier alpha value is -3.60. The molecule has 2 aromatic carbocycles. The number of halogens is 2. The first-order valence-electron chi connectivity index (χ1n) is 13.2. The number of benzene rings is 2. The Kier molecular flexibility index (Phi) is 8.58. The van der Waals surface area contributed by atoms with E-state index in [9.17, 15) is 23.2 Å². The Morgan fingerprint density at radius 1 is 1.10 bits per heavy atom. The third kappa shape index (κ3) is 5.52. The summed E-state index contributed by atoms with van der Waals surface area (Å²) in [6.45, 7) is -1.04. The Morgan fingerprint density at radius 2 is 1.88 bits per heavy atom. The molecule has 1 fully saturated rings. The number of alkyl halides is 2. The van der Waals surface area contributed by atoms with Gasteiger partial charge in [-0.25, -0.2) is 13.6 Å². The fraction of sp³-hybridized carbons (Fsp3) is 0.414. The van der Waals surface area contributed by atoms with E-state index in [1.165, 1.54) is 16.7 Å². The molecule has 0 spiro atoms. The predicted octanol–water partition coefficient (Wildman–Crippen LogP) is 4.18. The molecule has 0 atom stereocenters. The maximum Gasteiger partial charge on any atom is 0.332 e. The highest BCUT2D eigenvalue weighted by molar-refractivity contribution is 8.08. The Balaban J connectivity index is 1.60. The van der Waals surface area contributed by atoms with Crippen molar-refractivity contribution in [3.05, 3.63) is 74.4 Å². The zero-order valence-corrected chi connectivity index (χ0v) is 23.0. The van der Waals surface area contributed by atoms with Crippen LogP contribution in [0.1, 0.15) is 36.4 Å². The number of fused-ring (bicyclic) bond motifs is 1. The number of rotatable bonds is 10. The molecule has 1 saturated heterocycles. The molecule has 8 nitrogen and oxygen atoms in total. The average molecular weight is 572 g/mol. The largest absolute Gasteiger partial charge is 0.496 e. The van der Waals surface area contributed by atoms with E-state index in [1.807, 2.05) is 18.2 Å². The summed E-state index contributed by atoms with van der Waals surface area (Å²) in [5.74, 6) is 1.82. The van der Waals surface area contributed by atoms with Crippen LogP contribution in [0, 0.1) is 0 Å². The van der Waals surface area contributed by atoms with Crippen molar-refractivity contribution >= 4 is 34.0 Å². The number of likely N-dealkylation sites (tertiary alicyclic amines) is 1. The van der Waals surface area contributed by atoms with Gasteiger partial charge in [0, 0.05) is 35.4 Å². The molecule has 1 amide bonds. The molecule has 3 heterocycles. The lowest BCUT2D eigenvalue weighted by atomic mass is 10.0. The van der Waals surface area contributed by atoms with Crippen molar-refractivity contribution in [2.45, 2.75) is 38.0 Å². The topological polar surface area (TPSA) is 82.8 Å². The first-order chi connectivity index (χ1) is 19.5. The fourth-order valence-electron chi connectivity index (χ4n) is 5.30. The van der Waals surface area contributed by atoms with Gasteiger partial charge in [0.25, 0.3) is 5.56 Å². The van der Waals surface area contributed by atoms with Gasteiger partial charge in [-0.15, -0.1) is 11.8 Å². The van der Waals surface area contributed by atoms with Crippen LogP contribution in [0.15, 0.2) is 52.1 Å². The first kappa shape index (κ1) is 27.9. The van der Waals surface area contributed by atoms with Gasteiger partial charge in [0.05, 0.1) is 24.6 Å². The number of carbonyl (C=O) groups is 1. The monoisotopic (exact) mass is 571 g/mol.